The van der Waals surface area contributed by atoms with Crippen LogP contribution >= 0.6 is 0 Å². The molecule has 0 saturated carbocycles. The van der Waals surface area contributed by atoms with Crippen LogP contribution in [0, 0.1) is 6.92 Å². The lowest BCUT2D eigenvalue weighted by Gasteiger charge is -2.11. The van der Waals surface area contributed by atoms with Gasteiger partial charge in [-0.2, -0.15) is 0 Å². The Morgan fingerprint density at radius 1 is 1.24 bits per heavy atom. The summed E-state index contributed by atoms with van der Waals surface area (Å²) >= 11 is 0. The molecule has 0 aliphatic rings. The van der Waals surface area contributed by atoms with Crippen LogP contribution in [0.3, 0.4) is 0 Å². The molecule has 0 fully saturated rings. The summed E-state index contributed by atoms with van der Waals surface area (Å²) in [5.41, 5.74) is 2.12. The number of hydrogen-bond acceptors (Lipinski definition) is 5. The van der Waals surface area contributed by atoms with Crippen molar-refractivity contribution in [3.63, 3.8) is 0 Å². The SMILES string of the molecule is CCNc1ncnc(NCc2ccoc2)c1C. The van der Waals surface area contributed by atoms with E-state index in [1.54, 1.807) is 18.9 Å². The molecule has 0 bridgehead atoms. The molecule has 0 amide bonds. The topological polar surface area (TPSA) is 63.0 Å². The Kier molecular flexibility index (Phi) is 3.59. The van der Waals surface area contributed by atoms with Gasteiger partial charge in [0.25, 0.3) is 0 Å². The van der Waals surface area contributed by atoms with E-state index in [0.29, 0.717) is 6.54 Å². The summed E-state index contributed by atoms with van der Waals surface area (Å²) in [4.78, 5) is 8.42. The maximum absolute atomic E-state index is 5.01. The minimum absolute atomic E-state index is 0.694. The van der Waals surface area contributed by atoms with E-state index < -0.39 is 0 Å². The van der Waals surface area contributed by atoms with E-state index in [9.17, 15) is 0 Å². The fourth-order valence-electron chi connectivity index (χ4n) is 1.55. The van der Waals surface area contributed by atoms with Crippen molar-refractivity contribution < 1.29 is 4.42 Å². The molecule has 0 spiro atoms. The molecular formula is C12H16N4O. The molecule has 0 unspecified atom stereocenters. The Balaban J connectivity index is 2.07. The molecule has 2 aromatic rings. The van der Waals surface area contributed by atoms with Crippen molar-refractivity contribution >= 4 is 11.6 Å². The minimum Gasteiger partial charge on any atom is -0.472 e. The molecule has 90 valence electrons. The smallest absolute Gasteiger partial charge is 0.134 e. The van der Waals surface area contributed by atoms with Crippen LogP contribution in [0.5, 0.6) is 0 Å². The lowest BCUT2D eigenvalue weighted by Crippen LogP contribution is -2.07. The van der Waals surface area contributed by atoms with E-state index in [1.807, 2.05) is 19.9 Å². The van der Waals surface area contributed by atoms with E-state index in [1.165, 1.54) is 0 Å². The summed E-state index contributed by atoms with van der Waals surface area (Å²) in [7, 11) is 0. The number of furan rings is 1. The van der Waals surface area contributed by atoms with Gasteiger partial charge in [0, 0.05) is 24.2 Å². The molecule has 2 heterocycles. The normalized spacial score (nSPS) is 10.2. The first-order valence-electron chi connectivity index (χ1n) is 5.61. The molecule has 17 heavy (non-hydrogen) atoms. The van der Waals surface area contributed by atoms with Crippen LogP contribution in [0.15, 0.2) is 29.3 Å². The maximum Gasteiger partial charge on any atom is 0.134 e. The predicted octanol–water partition coefficient (Wildman–Crippen LogP) is 2.42. The largest absolute Gasteiger partial charge is 0.472 e. The van der Waals surface area contributed by atoms with Gasteiger partial charge in [-0.25, -0.2) is 9.97 Å². The summed E-state index contributed by atoms with van der Waals surface area (Å²) in [5.74, 6) is 1.72. The summed E-state index contributed by atoms with van der Waals surface area (Å²) in [6.45, 7) is 5.58. The van der Waals surface area contributed by atoms with E-state index >= 15 is 0 Å². The van der Waals surface area contributed by atoms with Crippen molar-refractivity contribution in [2.75, 3.05) is 17.2 Å². The third kappa shape index (κ3) is 2.75. The lowest BCUT2D eigenvalue weighted by molar-refractivity contribution is 0.564. The minimum atomic E-state index is 0.694. The van der Waals surface area contributed by atoms with E-state index in [4.69, 9.17) is 4.42 Å². The number of aromatic nitrogens is 2. The molecule has 0 saturated heterocycles. The van der Waals surface area contributed by atoms with Gasteiger partial charge in [-0.15, -0.1) is 0 Å². The molecule has 5 nitrogen and oxygen atoms in total. The number of nitrogens with one attached hydrogen (secondary N) is 2. The maximum atomic E-state index is 5.01. The highest BCUT2D eigenvalue weighted by molar-refractivity contribution is 5.56. The highest BCUT2D eigenvalue weighted by Crippen LogP contribution is 2.18. The van der Waals surface area contributed by atoms with Gasteiger partial charge < -0.3 is 15.1 Å². The summed E-state index contributed by atoms with van der Waals surface area (Å²) in [6.07, 6.45) is 4.94. The standard InChI is InChI=1S/C12H16N4O/c1-3-13-11-9(2)12(16-8-15-11)14-6-10-4-5-17-7-10/h4-5,7-8H,3,6H2,1-2H3,(H2,13,14,15,16). The molecule has 0 aromatic carbocycles. The first-order chi connectivity index (χ1) is 8.31. The molecular weight excluding hydrogens is 216 g/mol. The number of nitrogens with zero attached hydrogens (tertiary/aromatic N) is 2. The Bertz CT molecular complexity index is 467. The van der Waals surface area contributed by atoms with Crippen molar-refractivity contribution in [2.24, 2.45) is 0 Å². The zero-order valence-electron chi connectivity index (χ0n) is 10.0. The Morgan fingerprint density at radius 3 is 2.65 bits per heavy atom. The van der Waals surface area contributed by atoms with Crippen LogP contribution in [-0.4, -0.2) is 16.5 Å². The fourth-order valence-corrected chi connectivity index (χ4v) is 1.55. The average molecular weight is 232 g/mol. The fraction of sp³-hybridized carbons (Fsp3) is 0.333. The van der Waals surface area contributed by atoms with E-state index in [0.717, 1.165) is 29.3 Å². The monoisotopic (exact) mass is 232 g/mol. The zero-order valence-corrected chi connectivity index (χ0v) is 10.0. The zero-order chi connectivity index (χ0) is 12.1. The van der Waals surface area contributed by atoms with Gasteiger partial charge in [-0.1, -0.05) is 0 Å². The van der Waals surface area contributed by atoms with Crippen molar-refractivity contribution in [2.45, 2.75) is 20.4 Å². The highest BCUT2D eigenvalue weighted by Gasteiger charge is 2.05. The average Bonchev–Trinajstić information content (AvgIpc) is 2.83. The molecule has 0 aliphatic carbocycles. The quantitative estimate of drug-likeness (QED) is 0.829. The van der Waals surface area contributed by atoms with Crippen LogP contribution < -0.4 is 10.6 Å². The van der Waals surface area contributed by atoms with Crippen LogP contribution in [0.4, 0.5) is 11.6 Å². The summed E-state index contributed by atoms with van der Waals surface area (Å²) in [6, 6.07) is 1.93. The van der Waals surface area contributed by atoms with Gasteiger partial charge in [0.2, 0.25) is 0 Å². The second-order valence-electron chi connectivity index (χ2n) is 3.71. The molecule has 0 atom stereocenters. The highest BCUT2D eigenvalue weighted by atomic mass is 16.3. The molecule has 2 aromatic heterocycles. The second-order valence-corrected chi connectivity index (χ2v) is 3.71. The summed E-state index contributed by atoms with van der Waals surface area (Å²) < 4.78 is 5.01. The third-order valence-corrected chi connectivity index (χ3v) is 2.47. The summed E-state index contributed by atoms with van der Waals surface area (Å²) in [5, 5.41) is 6.46. The van der Waals surface area contributed by atoms with Crippen molar-refractivity contribution in [1.82, 2.24) is 9.97 Å². The van der Waals surface area contributed by atoms with Crippen molar-refractivity contribution in [3.8, 4) is 0 Å². The predicted molar refractivity (Wildman–Crippen MR) is 67.0 cm³/mol. The molecule has 0 aliphatic heterocycles. The number of hydrogen-bond donors (Lipinski definition) is 2. The third-order valence-electron chi connectivity index (χ3n) is 2.47. The van der Waals surface area contributed by atoms with Gasteiger partial charge in [-0.05, 0) is 19.9 Å². The Hall–Kier alpha value is -2.04. The van der Waals surface area contributed by atoms with Gasteiger partial charge in [0.05, 0.1) is 12.5 Å². The van der Waals surface area contributed by atoms with Gasteiger partial charge in [0.15, 0.2) is 0 Å². The van der Waals surface area contributed by atoms with E-state index in [2.05, 4.69) is 20.6 Å². The molecule has 2 rings (SSSR count). The molecule has 0 radical (unpaired) electrons. The Morgan fingerprint density at radius 2 is 2.00 bits per heavy atom. The van der Waals surface area contributed by atoms with Crippen molar-refractivity contribution in [3.05, 3.63) is 36.0 Å². The first kappa shape index (κ1) is 11.4. The lowest BCUT2D eigenvalue weighted by atomic mass is 10.3. The second kappa shape index (κ2) is 5.34. The number of anilines is 2. The van der Waals surface area contributed by atoms with Crippen molar-refractivity contribution in [1.29, 1.82) is 0 Å². The van der Waals surface area contributed by atoms with Crippen LogP contribution in [0.1, 0.15) is 18.1 Å². The first-order valence-corrected chi connectivity index (χ1v) is 5.61. The molecule has 5 heteroatoms. The van der Waals surface area contributed by atoms with Gasteiger partial charge in [0.1, 0.15) is 18.0 Å². The number of rotatable bonds is 5. The van der Waals surface area contributed by atoms with Gasteiger partial charge >= 0.3 is 0 Å². The molecule has 2 N–H and O–H groups in total. The Labute approximate surface area is 100 Å². The van der Waals surface area contributed by atoms with E-state index in [-0.39, 0.29) is 0 Å². The van der Waals surface area contributed by atoms with Gasteiger partial charge in [-0.3, -0.25) is 0 Å². The van der Waals surface area contributed by atoms with Crippen LogP contribution in [0.25, 0.3) is 0 Å². The van der Waals surface area contributed by atoms with Crippen LogP contribution in [0.2, 0.25) is 0 Å². The van der Waals surface area contributed by atoms with Crippen LogP contribution in [-0.2, 0) is 6.54 Å².